The molecule has 0 bridgehead atoms. The zero-order valence-electron chi connectivity index (χ0n) is 19.2. The number of aryl methyl sites for hydroxylation is 1. The number of hydrogen-bond donors (Lipinski definition) is 0. The van der Waals surface area contributed by atoms with Crippen LogP contribution in [0.2, 0.25) is 0 Å². The van der Waals surface area contributed by atoms with Gasteiger partial charge >= 0.3 is 6.18 Å². The summed E-state index contributed by atoms with van der Waals surface area (Å²) in [6, 6.07) is 8.19. The maximum atomic E-state index is 13.2. The number of halogens is 3. The van der Waals surface area contributed by atoms with Crippen molar-refractivity contribution in [1.29, 1.82) is 0 Å². The van der Waals surface area contributed by atoms with Crippen molar-refractivity contribution in [2.75, 3.05) is 19.6 Å². The molecule has 8 heteroatoms. The van der Waals surface area contributed by atoms with E-state index in [1.54, 1.807) is 4.90 Å². The first-order chi connectivity index (χ1) is 15.0. The minimum Gasteiger partial charge on any atom is -0.353 e. The van der Waals surface area contributed by atoms with Crippen molar-refractivity contribution < 1.29 is 22.8 Å². The molecule has 1 aromatic carbocycles. The van der Waals surface area contributed by atoms with E-state index < -0.39 is 17.6 Å². The summed E-state index contributed by atoms with van der Waals surface area (Å²) in [5.41, 5.74) is 0.0114. The molecule has 1 aromatic heterocycles. The summed E-state index contributed by atoms with van der Waals surface area (Å²) in [6.07, 6.45) is -0.904. The number of alkyl halides is 3. The van der Waals surface area contributed by atoms with Gasteiger partial charge in [0.2, 0.25) is 5.91 Å². The Morgan fingerprint density at radius 2 is 1.81 bits per heavy atom. The van der Waals surface area contributed by atoms with E-state index in [1.165, 1.54) is 17.0 Å². The van der Waals surface area contributed by atoms with Crippen LogP contribution in [-0.4, -0.2) is 45.8 Å². The highest BCUT2D eigenvalue weighted by molar-refractivity contribution is 5.96. The summed E-state index contributed by atoms with van der Waals surface area (Å²) in [4.78, 5) is 29.3. The Morgan fingerprint density at radius 1 is 1.09 bits per heavy atom. The van der Waals surface area contributed by atoms with E-state index >= 15 is 0 Å². The molecule has 5 nitrogen and oxygen atoms in total. The molecule has 0 aliphatic rings. The van der Waals surface area contributed by atoms with Crippen LogP contribution in [0.3, 0.4) is 0 Å². The Balaban J connectivity index is 2.24. The molecule has 0 atom stereocenters. The lowest BCUT2D eigenvalue weighted by Crippen LogP contribution is -2.44. The number of unbranched alkanes of at least 4 members (excludes halogenated alkanes) is 1. The lowest BCUT2D eigenvalue weighted by Gasteiger charge is -2.29. The van der Waals surface area contributed by atoms with E-state index in [2.05, 4.69) is 0 Å². The number of aromatic nitrogens is 1. The second-order valence-electron chi connectivity index (χ2n) is 8.44. The van der Waals surface area contributed by atoms with E-state index in [0.717, 1.165) is 30.7 Å². The van der Waals surface area contributed by atoms with Gasteiger partial charge in [0, 0.05) is 37.6 Å². The standard InChI is InChI=1S/C24H32F3N3O2/c1-5-6-13-29(16-21-11-8-12-28(21)4)22(31)17-30(15-18(2)3)23(32)19-9-7-10-20(14-19)24(25,26)27/h7-12,14,18H,5-6,13,15-17H2,1-4H3. The van der Waals surface area contributed by atoms with Crippen molar-refractivity contribution in [3.63, 3.8) is 0 Å². The van der Waals surface area contributed by atoms with E-state index in [-0.39, 0.29) is 30.5 Å². The molecule has 32 heavy (non-hydrogen) atoms. The van der Waals surface area contributed by atoms with Crippen molar-refractivity contribution in [3.05, 3.63) is 59.4 Å². The third-order valence-corrected chi connectivity index (χ3v) is 5.17. The molecule has 2 rings (SSSR count). The monoisotopic (exact) mass is 451 g/mol. The van der Waals surface area contributed by atoms with Crippen LogP contribution in [0.1, 0.15) is 55.2 Å². The highest BCUT2D eigenvalue weighted by Crippen LogP contribution is 2.29. The largest absolute Gasteiger partial charge is 0.416 e. The molecule has 2 aromatic rings. The van der Waals surface area contributed by atoms with Gasteiger partial charge in [0.05, 0.1) is 12.1 Å². The third kappa shape index (κ3) is 7.14. The first-order valence-corrected chi connectivity index (χ1v) is 10.9. The normalized spacial score (nSPS) is 11.6. The molecule has 0 radical (unpaired) electrons. The quantitative estimate of drug-likeness (QED) is 0.512. The van der Waals surface area contributed by atoms with Crippen LogP contribution in [0.15, 0.2) is 42.6 Å². The number of amides is 2. The molecule has 0 N–H and O–H groups in total. The average Bonchev–Trinajstić information content (AvgIpc) is 3.13. The topological polar surface area (TPSA) is 45.6 Å². The average molecular weight is 452 g/mol. The number of rotatable bonds is 10. The maximum absolute atomic E-state index is 13.2. The molecule has 0 aliphatic carbocycles. The summed E-state index contributed by atoms with van der Waals surface area (Å²) in [5.74, 6) is -0.748. The van der Waals surface area contributed by atoms with Gasteiger partial charge in [-0.3, -0.25) is 9.59 Å². The van der Waals surface area contributed by atoms with Crippen molar-refractivity contribution in [3.8, 4) is 0 Å². The van der Waals surface area contributed by atoms with Crippen molar-refractivity contribution in [2.24, 2.45) is 13.0 Å². The lowest BCUT2D eigenvalue weighted by atomic mass is 10.1. The lowest BCUT2D eigenvalue weighted by molar-refractivity contribution is -0.137. The van der Waals surface area contributed by atoms with Crippen LogP contribution in [0, 0.1) is 5.92 Å². The molecular formula is C24H32F3N3O2. The van der Waals surface area contributed by atoms with Gasteiger partial charge in [0.1, 0.15) is 6.54 Å². The fourth-order valence-electron chi connectivity index (χ4n) is 3.43. The smallest absolute Gasteiger partial charge is 0.353 e. The summed E-state index contributed by atoms with van der Waals surface area (Å²) in [6.45, 7) is 6.89. The summed E-state index contributed by atoms with van der Waals surface area (Å²) in [5, 5.41) is 0. The Bertz CT molecular complexity index is 906. The molecule has 2 amide bonds. The molecule has 0 spiro atoms. The second kappa shape index (κ2) is 11.2. The fraction of sp³-hybridized carbons (Fsp3) is 0.500. The van der Waals surface area contributed by atoms with Gasteiger partial charge in [-0.2, -0.15) is 13.2 Å². The number of carbonyl (C=O) groups excluding carboxylic acids is 2. The van der Waals surface area contributed by atoms with Gasteiger partial charge in [-0.15, -0.1) is 0 Å². The molecule has 1 heterocycles. The zero-order chi connectivity index (χ0) is 23.9. The van der Waals surface area contributed by atoms with Crippen molar-refractivity contribution in [2.45, 2.75) is 46.3 Å². The third-order valence-electron chi connectivity index (χ3n) is 5.17. The zero-order valence-corrected chi connectivity index (χ0v) is 19.2. The van der Waals surface area contributed by atoms with E-state index in [1.807, 2.05) is 50.7 Å². The van der Waals surface area contributed by atoms with Crippen LogP contribution in [0.5, 0.6) is 0 Å². The predicted octanol–water partition coefficient (Wildman–Crippen LogP) is 4.97. The van der Waals surface area contributed by atoms with Crippen molar-refractivity contribution in [1.82, 2.24) is 14.4 Å². The Labute approximate surface area is 187 Å². The second-order valence-corrected chi connectivity index (χ2v) is 8.44. The number of nitrogens with zero attached hydrogens (tertiary/aromatic N) is 3. The summed E-state index contributed by atoms with van der Waals surface area (Å²) >= 11 is 0. The molecule has 0 saturated carbocycles. The van der Waals surface area contributed by atoms with Crippen LogP contribution in [0.25, 0.3) is 0 Å². The van der Waals surface area contributed by atoms with Gasteiger partial charge in [0.25, 0.3) is 5.91 Å². The predicted molar refractivity (Wildman–Crippen MR) is 118 cm³/mol. The molecular weight excluding hydrogens is 419 g/mol. The van der Waals surface area contributed by atoms with E-state index in [9.17, 15) is 22.8 Å². The number of hydrogen-bond acceptors (Lipinski definition) is 2. The van der Waals surface area contributed by atoms with E-state index in [4.69, 9.17) is 0 Å². The molecule has 0 saturated heterocycles. The fourth-order valence-corrected chi connectivity index (χ4v) is 3.43. The van der Waals surface area contributed by atoms with Gasteiger partial charge in [-0.25, -0.2) is 0 Å². The Morgan fingerprint density at radius 3 is 2.38 bits per heavy atom. The minimum atomic E-state index is -4.54. The van der Waals surface area contributed by atoms with Gasteiger partial charge in [0.15, 0.2) is 0 Å². The highest BCUT2D eigenvalue weighted by Gasteiger charge is 2.32. The van der Waals surface area contributed by atoms with Crippen molar-refractivity contribution >= 4 is 11.8 Å². The summed E-state index contributed by atoms with van der Waals surface area (Å²) in [7, 11) is 1.90. The first-order valence-electron chi connectivity index (χ1n) is 10.9. The first kappa shape index (κ1) is 25.5. The Hall–Kier alpha value is -2.77. The highest BCUT2D eigenvalue weighted by atomic mass is 19.4. The van der Waals surface area contributed by atoms with Gasteiger partial charge in [-0.05, 0) is 42.7 Å². The van der Waals surface area contributed by atoms with Crippen LogP contribution in [-0.2, 0) is 24.6 Å². The molecule has 176 valence electrons. The SMILES string of the molecule is CCCCN(Cc1cccn1C)C(=O)CN(CC(C)C)C(=O)c1cccc(C(F)(F)F)c1. The van der Waals surface area contributed by atoms with Crippen LogP contribution in [0.4, 0.5) is 13.2 Å². The Kier molecular flexibility index (Phi) is 8.92. The van der Waals surface area contributed by atoms with Crippen LogP contribution < -0.4 is 0 Å². The molecule has 0 unspecified atom stereocenters. The molecule has 0 aliphatic heterocycles. The van der Waals surface area contributed by atoms with Gasteiger partial charge < -0.3 is 14.4 Å². The van der Waals surface area contributed by atoms with Gasteiger partial charge in [-0.1, -0.05) is 33.3 Å². The van der Waals surface area contributed by atoms with E-state index in [0.29, 0.717) is 13.1 Å². The number of benzene rings is 1. The maximum Gasteiger partial charge on any atom is 0.416 e. The number of carbonyl (C=O) groups is 2. The summed E-state index contributed by atoms with van der Waals surface area (Å²) < 4.78 is 41.2. The van der Waals surface area contributed by atoms with Crippen LogP contribution >= 0.6 is 0 Å². The molecule has 0 fully saturated rings. The minimum absolute atomic E-state index is 0.0505.